The first kappa shape index (κ1) is 21.9. The number of carbonyl (C=O) groups is 1. The zero-order valence-corrected chi connectivity index (χ0v) is 17.8. The van der Waals surface area contributed by atoms with Crippen molar-refractivity contribution in [2.75, 3.05) is 13.1 Å². The number of fused-ring (bicyclic) bond motifs is 1. The number of halogens is 2. The van der Waals surface area contributed by atoms with E-state index in [0.717, 1.165) is 47.2 Å². The molecule has 1 aliphatic heterocycles. The molecule has 1 aromatic heterocycles. The normalized spacial score (nSPS) is 21.9. The molecule has 148 valence electrons. The second-order valence-corrected chi connectivity index (χ2v) is 7.90. The average Bonchev–Trinajstić information content (AvgIpc) is 3.41. The highest BCUT2D eigenvalue weighted by Crippen LogP contribution is 2.40. The topological polar surface area (TPSA) is 54.0 Å². The Bertz CT molecular complexity index is 836. The minimum atomic E-state index is 0. The van der Waals surface area contributed by atoms with Gasteiger partial charge in [-0.05, 0) is 69.8 Å². The molecule has 2 N–H and O–H groups in total. The van der Waals surface area contributed by atoms with Gasteiger partial charge in [0.25, 0.3) is 5.91 Å². The van der Waals surface area contributed by atoms with E-state index in [4.69, 9.17) is 4.98 Å². The molecule has 1 aliphatic carbocycles. The molecule has 2 unspecified atom stereocenters. The maximum atomic E-state index is 13.1. The number of aryl methyl sites for hydroxylation is 2. The summed E-state index contributed by atoms with van der Waals surface area (Å²) in [6.45, 7) is 8.31. The summed E-state index contributed by atoms with van der Waals surface area (Å²) in [5.74, 6) is 1.05. The van der Waals surface area contributed by atoms with Crippen LogP contribution in [-0.4, -0.2) is 30.0 Å². The number of nitrogens with zero attached hydrogens (tertiary/aromatic N) is 1. The largest absolute Gasteiger partial charge is 0.349 e. The number of carbonyl (C=O) groups excluding carboxylic acids is 1. The molecule has 2 atom stereocenters. The third-order valence-electron chi connectivity index (χ3n) is 5.61. The molecule has 27 heavy (non-hydrogen) atoms. The lowest BCUT2D eigenvalue weighted by Gasteiger charge is -2.30. The van der Waals surface area contributed by atoms with Crippen molar-refractivity contribution in [2.24, 2.45) is 5.92 Å². The predicted octanol–water partition coefficient (Wildman–Crippen LogP) is 4.30. The van der Waals surface area contributed by atoms with Crippen LogP contribution in [-0.2, 0) is 0 Å². The lowest BCUT2D eigenvalue weighted by atomic mass is 9.94. The fraction of sp³-hybridized carbons (Fsp3) is 0.524. The van der Waals surface area contributed by atoms with Crippen molar-refractivity contribution in [3.8, 4) is 0 Å². The summed E-state index contributed by atoms with van der Waals surface area (Å²) < 4.78 is 0. The first-order valence-electron chi connectivity index (χ1n) is 9.46. The highest BCUT2D eigenvalue weighted by molar-refractivity contribution is 6.07. The van der Waals surface area contributed by atoms with Gasteiger partial charge in [0.2, 0.25) is 0 Å². The molecule has 6 heteroatoms. The predicted molar refractivity (Wildman–Crippen MR) is 116 cm³/mol. The number of piperidine rings is 1. The molecular formula is C21H29Cl2N3O. The van der Waals surface area contributed by atoms with Crippen LogP contribution in [0.2, 0.25) is 0 Å². The van der Waals surface area contributed by atoms with Crippen LogP contribution in [0.5, 0.6) is 0 Å². The maximum Gasteiger partial charge on any atom is 0.252 e. The molecule has 1 amide bonds. The van der Waals surface area contributed by atoms with E-state index in [1.807, 2.05) is 6.07 Å². The molecule has 0 spiro atoms. The lowest BCUT2D eigenvalue weighted by Crippen LogP contribution is -2.48. The van der Waals surface area contributed by atoms with Crippen LogP contribution in [0.4, 0.5) is 0 Å². The maximum absolute atomic E-state index is 13.1. The Morgan fingerprint density at radius 3 is 2.56 bits per heavy atom. The fourth-order valence-electron chi connectivity index (χ4n) is 3.95. The summed E-state index contributed by atoms with van der Waals surface area (Å²) in [6.07, 6.45) is 3.37. The standard InChI is InChI=1S/C21H27N3O.2ClH/c1-12-8-13(2)20-16(9-12)17(10-19(23-20)15-4-5-15)21(25)24-18-6-7-22-11-14(18)3;;/h8-10,14-15,18,22H,4-7,11H2,1-3H3,(H,24,25);2*1H. The zero-order chi connectivity index (χ0) is 17.6. The van der Waals surface area contributed by atoms with Crippen LogP contribution < -0.4 is 10.6 Å². The van der Waals surface area contributed by atoms with Crippen molar-refractivity contribution in [1.29, 1.82) is 0 Å². The van der Waals surface area contributed by atoms with E-state index in [1.165, 1.54) is 18.4 Å². The Morgan fingerprint density at radius 2 is 1.89 bits per heavy atom. The number of benzene rings is 1. The first-order valence-corrected chi connectivity index (χ1v) is 9.46. The van der Waals surface area contributed by atoms with Gasteiger partial charge in [0.05, 0.1) is 11.1 Å². The van der Waals surface area contributed by atoms with E-state index in [-0.39, 0.29) is 36.8 Å². The molecule has 1 aromatic carbocycles. The van der Waals surface area contributed by atoms with E-state index in [1.54, 1.807) is 0 Å². The monoisotopic (exact) mass is 409 g/mol. The smallest absolute Gasteiger partial charge is 0.252 e. The highest BCUT2D eigenvalue weighted by Gasteiger charge is 2.28. The van der Waals surface area contributed by atoms with Crippen LogP contribution >= 0.6 is 24.8 Å². The third-order valence-corrected chi connectivity index (χ3v) is 5.61. The van der Waals surface area contributed by atoms with E-state index in [2.05, 4.69) is 43.5 Å². The summed E-state index contributed by atoms with van der Waals surface area (Å²) in [4.78, 5) is 18.0. The number of hydrogen-bond acceptors (Lipinski definition) is 3. The van der Waals surface area contributed by atoms with Gasteiger partial charge in [0.1, 0.15) is 0 Å². The molecule has 2 fully saturated rings. The number of hydrogen-bond donors (Lipinski definition) is 2. The molecule has 0 bridgehead atoms. The Hall–Kier alpha value is -1.36. The van der Waals surface area contributed by atoms with Gasteiger partial charge < -0.3 is 10.6 Å². The molecule has 2 aromatic rings. The Balaban J connectivity index is 0.00000131. The number of nitrogens with one attached hydrogen (secondary N) is 2. The summed E-state index contributed by atoms with van der Waals surface area (Å²) in [5.41, 5.74) is 5.20. The van der Waals surface area contributed by atoms with E-state index < -0.39 is 0 Å². The second kappa shape index (κ2) is 8.76. The van der Waals surface area contributed by atoms with Gasteiger partial charge in [-0.25, -0.2) is 0 Å². The van der Waals surface area contributed by atoms with Crippen molar-refractivity contribution >= 4 is 41.6 Å². The zero-order valence-electron chi connectivity index (χ0n) is 16.2. The third kappa shape index (κ3) is 4.56. The number of pyridine rings is 1. The number of rotatable bonds is 3. The van der Waals surface area contributed by atoms with Crippen LogP contribution in [0.15, 0.2) is 18.2 Å². The summed E-state index contributed by atoms with van der Waals surface area (Å²) >= 11 is 0. The summed E-state index contributed by atoms with van der Waals surface area (Å²) in [7, 11) is 0. The summed E-state index contributed by atoms with van der Waals surface area (Å²) in [6, 6.07) is 6.54. The van der Waals surface area contributed by atoms with Crippen molar-refractivity contribution in [3.63, 3.8) is 0 Å². The molecule has 1 saturated heterocycles. The van der Waals surface area contributed by atoms with Crippen molar-refractivity contribution in [1.82, 2.24) is 15.6 Å². The number of amides is 1. The van der Waals surface area contributed by atoms with Gasteiger partial charge >= 0.3 is 0 Å². The van der Waals surface area contributed by atoms with Crippen molar-refractivity contribution in [2.45, 2.75) is 52.0 Å². The van der Waals surface area contributed by atoms with Crippen LogP contribution in [0.1, 0.15) is 59.3 Å². The van der Waals surface area contributed by atoms with Gasteiger partial charge in [0.15, 0.2) is 0 Å². The first-order chi connectivity index (χ1) is 12.0. The van der Waals surface area contributed by atoms with E-state index in [0.29, 0.717) is 11.8 Å². The van der Waals surface area contributed by atoms with Crippen molar-refractivity contribution < 1.29 is 4.79 Å². The van der Waals surface area contributed by atoms with Crippen LogP contribution in [0.3, 0.4) is 0 Å². The average molecular weight is 410 g/mol. The Labute approximate surface area is 173 Å². The molecule has 2 aliphatic rings. The van der Waals surface area contributed by atoms with Gasteiger partial charge in [-0.3, -0.25) is 9.78 Å². The molecule has 4 nitrogen and oxygen atoms in total. The van der Waals surface area contributed by atoms with Gasteiger partial charge in [-0.15, -0.1) is 24.8 Å². The van der Waals surface area contributed by atoms with Crippen LogP contribution in [0.25, 0.3) is 10.9 Å². The molecule has 0 radical (unpaired) electrons. The SMILES string of the molecule is Cc1cc(C)c2nc(C3CC3)cc(C(=O)NC3CCNCC3C)c2c1.Cl.Cl. The molecule has 2 heterocycles. The van der Waals surface area contributed by atoms with E-state index >= 15 is 0 Å². The lowest BCUT2D eigenvalue weighted by molar-refractivity contribution is 0.0915. The minimum Gasteiger partial charge on any atom is -0.349 e. The van der Waals surface area contributed by atoms with Gasteiger partial charge in [-0.2, -0.15) is 0 Å². The number of aromatic nitrogens is 1. The Kier molecular flexibility index (Phi) is 7.12. The highest BCUT2D eigenvalue weighted by atomic mass is 35.5. The second-order valence-electron chi connectivity index (χ2n) is 7.90. The molecule has 1 saturated carbocycles. The molecule has 4 rings (SSSR count). The molecular weight excluding hydrogens is 381 g/mol. The quantitative estimate of drug-likeness (QED) is 0.793. The van der Waals surface area contributed by atoms with Gasteiger partial charge in [-0.1, -0.05) is 18.6 Å². The van der Waals surface area contributed by atoms with Crippen LogP contribution in [0, 0.1) is 19.8 Å². The van der Waals surface area contributed by atoms with Crippen molar-refractivity contribution in [3.05, 3.63) is 40.6 Å². The summed E-state index contributed by atoms with van der Waals surface area (Å²) in [5, 5.41) is 7.68. The van der Waals surface area contributed by atoms with E-state index in [9.17, 15) is 4.79 Å². The Morgan fingerprint density at radius 1 is 1.15 bits per heavy atom. The minimum absolute atomic E-state index is 0. The van der Waals surface area contributed by atoms with Gasteiger partial charge in [0, 0.05) is 23.0 Å². The fourth-order valence-corrected chi connectivity index (χ4v) is 3.95.